The minimum atomic E-state index is -0.562. The molecule has 0 unspecified atom stereocenters. The highest BCUT2D eigenvalue weighted by Crippen LogP contribution is 2.35. The fourth-order valence-electron chi connectivity index (χ4n) is 2.34. The lowest BCUT2D eigenvalue weighted by Crippen LogP contribution is -2.01. The van der Waals surface area contributed by atoms with Gasteiger partial charge in [-0.05, 0) is 23.6 Å². The molecule has 0 spiro atoms. The van der Waals surface area contributed by atoms with Gasteiger partial charge in [0.25, 0.3) is 5.89 Å². The van der Waals surface area contributed by atoms with Crippen LogP contribution in [0.25, 0.3) is 16.8 Å². The average Bonchev–Trinajstić information content (AvgIpc) is 3.41. The summed E-state index contributed by atoms with van der Waals surface area (Å²) in [5.74, 6) is 1.69. The number of aromatic nitrogens is 2. The minimum Gasteiger partial charge on any atom is -0.496 e. The minimum absolute atomic E-state index is 0.120. The molecule has 146 valence electrons. The van der Waals surface area contributed by atoms with E-state index in [1.54, 1.807) is 18.2 Å². The van der Waals surface area contributed by atoms with Crippen LogP contribution in [0.2, 0.25) is 0 Å². The second kappa shape index (κ2) is 9.05. The van der Waals surface area contributed by atoms with E-state index in [1.807, 2.05) is 17.5 Å². The van der Waals surface area contributed by atoms with Crippen LogP contribution in [-0.4, -0.2) is 37.4 Å². The summed E-state index contributed by atoms with van der Waals surface area (Å²) in [7, 11) is 4.59. The Kier molecular flexibility index (Phi) is 6.28. The molecular weight excluding hydrogens is 384 g/mol. The Morgan fingerprint density at radius 1 is 1.14 bits per heavy atom. The van der Waals surface area contributed by atoms with E-state index in [4.69, 9.17) is 23.5 Å². The predicted molar refractivity (Wildman–Crippen MR) is 103 cm³/mol. The maximum atomic E-state index is 12.0. The maximum absolute atomic E-state index is 12.0. The summed E-state index contributed by atoms with van der Waals surface area (Å²) in [5.41, 5.74) is 0.634. The fourth-order valence-corrected chi connectivity index (χ4v) is 2.99. The van der Waals surface area contributed by atoms with Crippen LogP contribution in [0.1, 0.15) is 11.5 Å². The first-order valence-corrected chi connectivity index (χ1v) is 9.04. The zero-order valence-corrected chi connectivity index (χ0v) is 16.3. The zero-order chi connectivity index (χ0) is 19.9. The molecule has 1 aromatic carbocycles. The molecule has 0 amide bonds. The van der Waals surface area contributed by atoms with Crippen LogP contribution in [-0.2, 0) is 16.1 Å². The van der Waals surface area contributed by atoms with E-state index in [9.17, 15) is 4.79 Å². The molecule has 2 aromatic heterocycles. The number of carbonyl (C=O) groups excluding carboxylic acids is 1. The van der Waals surface area contributed by atoms with Gasteiger partial charge < -0.3 is 23.5 Å². The standard InChI is InChI=1S/C19H18N2O6S/c1-23-13-10-15(25-3)14(24-2)9-12(13)6-7-18(22)26-11-17-20-19(21-27-17)16-5-4-8-28-16/h4-10H,11H2,1-3H3/b7-6+. The number of nitrogens with zero attached hydrogens (tertiary/aromatic N) is 2. The Labute approximate surface area is 165 Å². The summed E-state index contributed by atoms with van der Waals surface area (Å²) in [6.45, 7) is -0.120. The van der Waals surface area contributed by atoms with E-state index >= 15 is 0 Å². The Hall–Kier alpha value is -3.33. The van der Waals surface area contributed by atoms with Gasteiger partial charge in [-0.25, -0.2) is 4.79 Å². The lowest BCUT2D eigenvalue weighted by molar-refractivity contribution is -0.139. The van der Waals surface area contributed by atoms with Crippen LogP contribution in [0.15, 0.2) is 40.2 Å². The number of ether oxygens (including phenoxy) is 4. The van der Waals surface area contributed by atoms with Gasteiger partial charge in [0.2, 0.25) is 5.82 Å². The molecule has 3 aromatic rings. The molecule has 0 N–H and O–H groups in total. The quantitative estimate of drug-likeness (QED) is 0.417. The van der Waals surface area contributed by atoms with Crippen molar-refractivity contribution >= 4 is 23.4 Å². The van der Waals surface area contributed by atoms with Crippen molar-refractivity contribution in [1.82, 2.24) is 10.1 Å². The van der Waals surface area contributed by atoms with Gasteiger partial charge in [-0.2, -0.15) is 4.98 Å². The van der Waals surface area contributed by atoms with Gasteiger partial charge in [-0.3, -0.25) is 0 Å². The van der Waals surface area contributed by atoms with Gasteiger partial charge >= 0.3 is 5.97 Å². The van der Waals surface area contributed by atoms with Crippen LogP contribution < -0.4 is 14.2 Å². The van der Waals surface area contributed by atoms with E-state index in [-0.39, 0.29) is 12.5 Å². The molecule has 0 saturated heterocycles. The molecule has 2 heterocycles. The zero-order valence-electron chi connectivity index (χ0n) is 15.5. The van der Waals surface area contributed by atoms with Gasteiger partial charge in [0.05, 0.1) is 26.2 Å². The molecule has 3 rings (SSSR count). The number of thiophene rings is 1. The van der Waals surface area contributed by atoms with Crippen LogP contribution in [0.5, 0.6) is 17.2 Å². The Bertz CT molecular complexity index is 965. The van der Waals surface area contributed by atoms with Gasteiger partial charge in [0.1, 0.15) is 5.75 Å². The molecule has 0 saturated carbocycles. The van der Waals surface area contributed by atoms with Gasteiger partial charge in [-0.15, -0.1) is 11.3 Å². The molecule has 0 aliphatic rings. The van der Waals surface area contributed by atoms with Crippen molar-refractivity contribution in [3.05, 3.63) is 47.2 Å². The second-order valence-corrected chi connectivity index (χ2v) is 6.33. The lowest BCUT2D eigenvalue weighted by atomic mass is 10.1. The van der Waals surface area contributed by atoms with E-state index in [1.165, 1.54) is 38.7 Å². The van der Waals surface area contributed by atoms with Crippen LogP contribution in [0.3, 0.4) is 0 Å². The molecule has 28 heavy (non-hydrogen) atoms. The molecule has 0 bridgehead atoms. The normalized spacial score (nSPS) is 10.8. The number of esters is 1. The Balaban J connectivity index is 1.64. The molecule has 0 aliphatic heterocycles. The van der Waals surface area contributed by atoms with Crippen molar-refractivity contribution in [3.63, 3.8) is 0 Å². The monoisotopic (exact) mass is 402 g/mol. The van der Waals surface area contributed by atoms with Crippen LogP contribution in [0.4, 0.5) is 0 Å². The summed E-state index contributed by atoms with van der Waals surface area (Å²) in [6.07, 6.45) is 2.84. The molecule has 0 atom stereocenters. The molecule has 0 radical (unpaired) electrons. The Morgan fingerprint density at radius 2 is 1.89 bits per heavy atom. The van der Waals surface area contributed by atoms with Crippen molar-refractivity contribution < 1.29 is 28.3 Å². The van der Waals surface area contributed by atoms with Crippen LogP contribution >= 0.6 is 11.3 Å². The highest BCUT2D eigenvalue weighted by Gasteiger charge is 2.12. The number of rotatable bonds is 8. The first-order chi connectivity index (χ1) is 13.6. The first-order valence-electron chi connectivity index (χ1n) is 8.16. The third-order valence-corrected chi connectivity index (χ3v) is 4.55. The van der Waals surface area contributed by atoms with Crippen molar-refractivity contribution in [1.29, 1.82) is 0 Å². The highest BCUT2D eigenvalue weighted by atomic mass is 32.1. The molecule has 0 fully saturated rings. The smallest absolute Gasteiger partial charge is 0.331 e. The Morgan fingerprint density at radius 3 is 2.57 bits per heavy atom. The van der Waals surface area contributed by atoms with Crippen molar-refractivity contribution in [3.8, 4) is 28.0 Å². The van der Waals surface area contributed by atoms with Gasteiger partial charge in [-0.1, -0.05) is 11.2 Å². The maximum Gasteiger partial charge on any atom is 0.331 e. The SMILES string of the molecule is COc1cc(OC)c(OC)cc1/C=C/C(=O)OCc1nc(-c2cccs2)no1. The fraction of sp³-hybridized carbons (Fsp3) is 0.211. The molecule has 8 nitrogen and oxygen atoms in total. The third-order valence-electron chi connectivity index (χ3n) is 3.68. The summed E-state index contributed by atoms with van der Waals surface area (Å²) < 4.78 is 26.0. The number of hydrogen-bond acceptors (Lipinski definition) is 9. The summed E-state index contributed by atoms with van der Waals surface area (Å²) in [4.78, 5) is 17.1. The van der Waals surface area contributed by atoms with Gasteiger partial charge in [0, 0.05) is 17.7 Å². The molecular formula is C19H18N2O6S. The van der Waals surface area contributed by atoms with Crippen LogP contribution in [0, 0.1) is 0 Å². The molecule has 0 aliphatic carbocycles. The molecule has 9 heteroatoms. The predicted octanol–water partition coefficient (Wildman–Crippen LogP) is 3.58. The number of hydrogen-bond donors (Lipinski definition) is 0. The van der Waals surface area contributed by atoms with E-state index in [0.29, 0.717) is 28.6 Å². The summed E-state index contributed by atoms with van der Waals surface area (Å²) >= 11 is 1.49. The summed E-state index contributed by atoms with van der Waals surface area (Å²) in [6, 6.07) is 7.15. The van der Waals surface area contributed by atoms with E-state index in [0.717, 1.165) is 4.88 Å². The average molecular weight is 402 g/mol. The first kappa shape index (κ1) is 19.4. The highest BCUT2D eigenvalue weighted by molar-refractivity contribution is 7.13. The second-order valence-electron chi connectivity index (χ2n) is 5.38. The van der Waals surface area contributed by atoms with E-state index in [2.05, 4.69) is 10.1 Å². The number of carbonyl (C=O) groups is 1. The summed E-state index contributed by atoms with van der Waals surface area (Å²) in [5, 5.41) is 5.78. The van der Waals surface area contributed by atoms with E-state index < -0.39 is 5.97 Å². The van der Waals surface area contributed by atoms with Crippen molar-refractivity contribution in [2.75, 3.05) is 21.3 Å². The number of benzene rings is 1. The largest absolute Gasteiger partial charge is 0.496 e. The van der Waals surface area contributed by atoms with Crippen molar-refractivity contribution in [2.24, 2.45) is 0 Å². The lowest BCUT2D eigenvalue weighted by Gasteiger charge is -2.12. The third kappa shape index (κ3) is 4.49. The topological polar surface area (TPSA) is 92.9 Å². The van der Waals surface area contributed by atoms with Crippen molar-refractivity contribution in [2.45, 2.75) is 6.61 Å². The van der Waals surface area contributed by atoms with Gasteiger partial charge in [0.15, 0.2) is 18.1 Å². The number of methoxy groups -OCH3 is 3.